The first kappa shape index (κ1) is 26.6. The molecular weight excluding hydrogens is 520 g/mol. The molecule has 0 bridgehead atoms. The number of aromatic nitrogens is 2. The molecule has 10 nitrogen and oxygen atoms in total. The summed E-state index contributed by atoms with van der Waals surface area (Å²) in [6.07, 6.45) is -1.42. The molecule has 0 fully saturated rings. The Morgan fingerprint density at radius 3 is 1.83 bits per heavy atom. The second-order valence-electron chi connectivity index (χ2n) is 9.33. The SMILES string of the molecule is CC1=C(C#N)C(c2ccc3c(c2)c(N(C(=O)c2ccccc2)C(=O)c2ccccc2)nn3C(=O)O)C(C#N)=C(C)N1. The summed E-state index contributed by atoms with van der Waals surface area (Å²) in [6, 6.07) is 25.3. The van der Waals surface area contributed by atoms with Crippen LogP contribution in [0.15, 0.2) is 101 Å². The van der Waals surface area contributed by atoms with Gasteiger partial charge in [0.05, 0.1) is 34.7 Å². The Kier molecular flexibility index (Phi) is 6.90. The minimum absolute atomic E-state index is 0.121. The molecule has 0 atom stereocenters. The van der Waals surface area contributed by atoms with E-state index in [1.807, 2.05) is 0 Å². The maximum atomic E-state index is 13.9. The van der Waals surface area contributed by atoms with Crippen molar-refractivity contribution in [2.75, 3.05) is 4.90 Å². The van der Waals surface area contributed by atoms with E-state index < -0.39 is 23.8 Å². The number of allylic oxidation sites excluding steroid dienone is 4. The van der Waals surface area contributed by atoms with Crippen LogP contribution >= 0.6 is 0 Å². The average Bonchev–Trinajstić information content (AvgIpc) is 3.36. The van der Waals surface area contributed by atoms with Crippen molar-refractivity contribution in [2.45, 2.75) is 19.8 Å². The predicted molar refractivity (Wildman–Crippen MR) is 150 cm³/mol. The van der Waals surface area contributed by atoms with Gasteiger partial charge >= 0.3 is 6.09 Å². The third-order valence-corrected chi connectivity index (χ3v) is 6.86. The number of hydrogen-bond donors (Lipinski definition) is 2. The lowest BCUT2D eigenvalue weighted by Crippen LogP contribution is -2.37. The molecule has 2 amide bonds. The molecule has 0 aliphatic carbocycles. The van der Waals surface area contributed by atoms with Crippen LogP contribution in [-0.4, -0.2) is 32.8 Å². The van der Waals surface area contributed by atoms with Crippen LogP contribution in [0.1, 0.15) is 46.0 Å². The van der Waals surface area contributed by atoms with Gasteiger partial charge in [-0.1, -0.05) is 42.5 Å². The Hall–Kier alpha value is -6.00. The van der Waals surface area contributed by atoms with Gasteiger partial charge in [-0.15, -0.1) is 5.10 Å². The Bertz CT molecular complexity index is 1790. The number of carbonyl (C=O) groups excluding carboxylic acids is 2. The number of anilines is 1. The summed E-state index contributed by atoms with van der Waals surface area (Å²) in [5.74, 6) is -2.35. The number of rotatable bonds is 4. The van der Waals surface area contributed by atoms with Crippen molar-refractivity contribution in [2.24, 2.45) is 0 Å². The number of amides is 2. The molecular formula is C31H22N6O4. The second kappa shape index (κ2) is 10.6. The Balaban J connectivity index is 1.79. The number of fused-ring (bicyclic) bond motifs is 1. The van der Waals surface area contributed by atoms with Gasteiger partial charge in [-0.25, -0.2) is 9.69 Å². The van der Waals surface area contributed by atoms with E-state index in [0.717, 1.165) is 4.90 Å². The monoisotopic (exact) mass is 542 g/mol. The second-order valence-corrected chi connectivity index (χ2v) is 9.33. The highest BCUT2D eigenvalue weighted by molar-refractivity contribution is 6.27. The standard InChI is InChI=1S/C31H22N6O4/c1-18-24(16-32)27(25(17-33)19(2)34-18)22-13-14-26-23(15-22)28(35-37(26)31(40)41)36(29(38)20-9-5-3-6-10-20)30(39)21-11-7-4-8-12-21/h3-15,27,34H,1-2H3,(H,40,41). The molecule has 1 aliphatic rings. The third-order valence-electron chi connectivity index (χ3n) is 6.86. The lowest BCUT2D eigenvalue weighted by Gasteiger charge is -2.26. The molecule has 2 heterocycles. The number of carboxylic acid groups (broad SMARTS) is 1. The molecule has 0 radical (unpaired) electrons. The van der Waals surface area contributed by atoms with Crippen molar-refractivity contribution in [1.29, 1.82) is 10.5 Å². The molecule has 0 saturated carbocycles. The summed E-state index contributed by atoms with van der Waals surface area (Å²) >= 11 is 0. The van der Waals surface area contributed by atoms with Gasteiger partial charge in [0.1, 0.15) is 0 Å². The maximum Gasteiger partial charge on any atom is 0.432 e. The molecule has 2 N–H and O–H groups in total. The third kappa shape index (κ3) is 4.60. The molecule has 200 valence electrons. The van der Waals surface area contributed by atoms with Crippen molar-refractivity contribution in [3.63, 3.8) is 0 Å². The normalized spacial score (nSPS) is 13.4. The van der Waals surface area contributed by atoms with Gasteiger partial charge in [-0.05, 0) is 55.8 Å². The highest BCUT2D eigenvalue weighted by atomic mass is 16.4. The number of carbonyl (C=O) groups is 3. The summed E-state index contributed by atoms with van der Waals surface area (Å²) in [7, 11) is 0. The summed E-state index contributed by atoms with van der Waals surface area (Å²) in [6.45, 7) is 3.46. The fourth-order valence-electron chi connectivity index (χ4n) is 4.94. The van der Waals surface area contributed by atoms with E-state index >= 15 is 0 Å². The van der Waals surface area contributed by atoms with Gasteiger partial charge in [0.25, 0.3) is 11.8 Å². The highest BCUT2D eigenvalue weighted by Gasteiger charge is 2.34. The zero-order chi connectivity index (χ0) is 29.3. The molecule has 1 aromatic heterocycles. The molecule has 3 aromatic carbocycles. The number of dihydropyridines is 1. The summed E-state index contributed by atoms with van der Waals surface area (Å²) in [5.41, 5.74) is 2.80. The Labute approximate surface area is 234 Å². The van der Waals surface area contributed by atoms with Crippen LogP contribution in [0.2, 0.25) is 0 Å². The van der Waals surface area contributed by atoms with E-state index in [0.29, 0.717) is 32.8 Å². The average molecular weight is 543 g/mol. The number of imide groups is 1. The molecule has 4 aromatic rings. The topological polar surface area (TPSA) is 152 Å². The highest BCUT2D eigenvalue weighted by Crippen LogP contribution is 2.40. The zero-order valence-corrected chi connectivity index (χ0v) is 22.0. The van der Waals surface area contributed by atoms with Crippen LogP contribution in [0.4, 0.5) is 10.6 Å². The van der Waals surface area contributed by atoms with Crippen LogP contribution in [-0.2, 0) is 0 Å². The molecule has 41 heavy (non-hydrogen) atoms. The van der Waals surface area contributed by atoms with Gasteiger partial charge < -0.3 is 10.4 Å². The fraction of sp³-hybridized carbons (Fsp3) is 0.0968. The van der Waals surface area contributed by atoms with Crippen LogP contribution in [0, 0.1) is 22.7 Å². The molecule has 5 rings (SSSR count). The van der Waals surface area contributed by atoms with Crippen LogP contribution < -0.4 is 10.2 Å². The van der Waals surface area contributed by atoms with E-state index in [-0.39, 0.29) is 27.8 Å². The number of hydrogen-bond acceptors (Lipinski definition) is 7. The van der Waals surface area contributed by atoms with Crippen LogP contribution in [0.3, 0.4) is 0 Å². The first-order valence-electron chi connectivity index (χ1n) is 12.5. The van der Waals surface area contributed by atoms with E-state index in [9.17, 15) is 30.0 Å². The first-order chi connectivity index (χ1) is 19.8. The number of nitrogens with zero attached hydrogens (tertiary/aromatic N) is 5. The largest absolute Gasteiger partial charge is 0.463 e. The van der Waals surface area contributed by atoms with Gasteiger partial charge in [0, 0.05) is 27.9 Å². The minimum atomic E-state index is -1.42. The molecule has 0 unspecified atom stereocenters. The van der Waals surface area contributed by atoms with Crippen molar-refractivity contribution < 1.29 is 19.5 Å². The molecule has 1 aliphatic heterocycles. The van der Waals surface area contributed by atoms with Gasteiger partial charge in [0.15, 0.2) is 5.82 Å². The van der Waals surface area contributed by atoms with Crippen LogP contribution in [0.25, 0.3) is 10.9 Å². The van der Waals surface area contributed by atoms with E-state index in [4.69, 9.17) is 0 Å². The number of benzene rings is 3. The minimum Gasteiger partial charge on any atom is -0.463 e. The fourth-order valence-corrected chi connectivity index (χ4v) is 4.94. The smallest absolute Gasteiger partial charge is 0.432 e. The lowest BCUT2D eigenvalue weighted by molar-refractivity contribution is 0.0896. The van der Waals surface area contributed by atoms with E-state index in [2.05, 4.69) is 22.6 Å². The van der Waals surface area contributed by atoms with Crippen LogP contribution in [0.5, 0.6) is 0 Å². The van der Waals surface area contributed by atoms with Gasteiger partial charge in [-0.2, -0.15) is 15.2 Å². The quantitative estimate of drug-likeness (QED) is 0.328. The molecule has 0 spiro atoms. The Morgan fingerprint density at radius 1 is 0.854 bits per heavy atom. The molecule has 0 saturated heterocycles. The van der Waals surface area contributed by atoms with E-state index in [1.54, 1.807) is 86.6 Å². The van der Waals surface area contributed by atoms with Crippen molar-refractivity contribution in [3.8, 4) is 12.1 Å². The lowest BCUT2D eigenvalue weighted by atomic mass is 9.81. The zero-order valence-electron chi connectivity index (χ0n) is 22.0. The van der Waals surface area contributed by atoms with Crippen molar-refractivity contribution >= 4 is 34.6 Å². The Morgan fingerprint density at radius 2 is 1.37 bits per heavy atom. The first-order valence-corrected chi connectivity index (χ1v) is 12.5. The molecule has 10 heteroatoms. The van der Waals surface area contributed by atoms with Crippen molar-refractivity contribution in [1.82, 2.24) is 15.1 Å². The maximum absolute atomic E-state index is 13.9. The van der Waals surface area contributed by atoms with Crippen molar-refractivity contribution in [3.05, 3.63) is 118 Å². The van der Waals surface area contributed by atoms with Gasteiger partial charge in [0.2, 0.25) is 0 Å². The summed E-state index contributed by atoms with van der Waals surface area (Å²) in [5, 5.41) is 37.3. The number of nitrogens with one attached hydrogen (secondary N) is 1. The van der Waals surface area contributed by atoms with E-state index in [1.165, 1.54) is 6.07 Å². The number of nitriles is 2. The predicted octanol–water partition coefficient (Wildman–Crippen LogP) is 5.33. The van der Waals surface area contributed by atoms with Gasteiger partial charge in [-0.3, -0.25) is 9.59 Å². The summed E-state index contributed by atoms with van der Waals surface area (Å²) in [4.78, 5) is 40.8. The summed E-state index contributed by atoms with van der Waals surface area (Å²) < 4.78 is 0.693.